The van der Waals surface area contributed by atoms with E-state index in [4.69, 9.17) is 37.9 Å². The van der Waals surface area contributed by atoms with Crippen molar-refractivity contribution < 1.29 is 120 Å². The van der Waals surface area contributed by atoms with Crippen LogP contribution in [0.15, 0.2) is 11.6 Å². The standard InChI is InChI=1S/C54H92O24/c1-22(9-13-33(51(4,5)70)76-49-45(39(65)36(62)28(20-57)73-49)78-48-42(68)38(64)35(61)27(19-56)72-48)23-15-16-52(6)30-12-10-24-25(54(30,8)31(59)17-53(23,52)7)11-14-32(50(24,2)3)75-46-43(69)40(66)44(29(21-58)74-46)77-47-41(67)37(63)34(60)26(18-55)71-47/h10,22-23,25-49,55-70H,9,11-21H2,1-8H3/t22-,23-,25-,26-,27-,28-,29-,30+,31-,32+,33-,34-,35-,36-,37+,38+,39+,40-,41-,42-,43-,44-,45-,46+,47+,48+,49+,52+,53-,54+/m1/s1. The molecule has 0 unspecified atom stereocenters. The first kappa shape index (κ1) is 62.8. The average molecular weight is 1130 g/mol. The smallest absolute Gasteiger partial charge is 0.187 e. The third-order valence-electron chi connectivity index (χ3n) is 20.8. The molecule has 24 nitrogen and oxygen atoms in total. The molecule has 4 aliphatic carbocycles. The molecule has 4 aliphatic heterocycles. The molecule has 0 bridgehead atoms. The average Bonchev–Trinajstić information content (AvgIpc) is 3.07. The molecule has 0 amide bonds. The molecular formula is C54H92O24. The van der Waals surface area contributed by atoms with Crippen LogP contribution >= 0.6 is 0 Å². The van der Waals surface area contributed by atoms with Gasteiger partial charge in [-0.1, -0.05) is 53.2 Å². The summed E-state index contributed by atoms with van der Waals surface area (Å²) in [5.41, 5.74) is -2.12. The highest BCUT2D eigenvalue weighted by molar-refractivity contribution is 5.32. The van der Waals surface area contributed by atoms with E-state index in [0.29, 0.717) is 32.1 Å². The van der Waals surface area contributed by atoms with E-state index in [1.807, 2.05) is 0 Å². The predicted octanol–water partition coefficient (Wildman–Crippen LogP) is -3.23. The second kappa shape index (κ2) is 23.7. The number of hydrogen-bond acceptors (Lipinski definition) is 24. The van der Waals surface area contributed by atoms with Gasteiger partial charge in [-0.3, -0.25) is 0 Å². The summed E-state index contributed by atoms with van der Waals surface area (Å²) in [7, 11) is 0. The molecule has 4 heterocycles. The Hall–Kier alpha value is -1.22. The summed E-state index contributed by atoms with van der Waals surface area (Å²) < 4.78 is 47.6. The molecule has 8 aliphatic rings. The largest absolute Gasteiger partial charge is 0.394 e. The molecule has 0 aromatic carbocycles. The fourth-order valence-corrected chi connectivity index (χ4v) is 15.7. The van der Waals surface area contributed by atoms with E-state index >= 15 is 0 Å². The zero-order chi connectivity index (χ0) is 57.5. The highest BCUT2D eigenvalue weighted by Crippen LogP contribution is 2.75. The molecule has 3 saturated carbocycles. The van der Waals surface area contributed by atoms with Gasteiger partial charge in [-0.2, -0.15) is 0 Å². The van der Waals surface area contributed by atoms with Crippen molar-refractivity contribution in [1.82, 2.24) is 0 Å². The van der Waals surface area contributed by atoms with Gasteiger partial charge in [0, 0.05) is 10.8 Å². The third-order valence-corrected chi connectivity index (χ3v) is 20.8. The Labute approximate surface area is 455 Å². The van der Waals surface area contributed by atoms with Crippen molar-refractivity contribution in [2.75, 3.05) is 26.4 Å². The lowest BCUT2D eigenvalue weighted by molar-refractivity contribution is -0.375. The minimum absolute atomic E-state index is 0.0338. The highest BCUT2D eigenvalue weighted by Gasteiger charge is 2.70. The molecule has 0 aromatic rings. The lowest BCUT2D eigenvalue weighted by Gasteiger charge is -2.67. The van der Waals surface area contributed by atoms with Crippen molar-refractivity contribution in [3.63, 3.8) is 0 Å². The summed E-state index contributed by atoms with van der Waals surface area (Å²) >= 11 is 0. The normalized spacial score (nSPS) is 51.4. The van der Waals surface area contributed by atoms with Gasteiger partial charge in [0.2, 0.25) is 0 Å². The Morgan fingerprint density at radius 2 is 1.04 bits per heavy atom. The predicted molar refractivity (Wildman–Crippen MR) is 268 cm³/mol. The minimum Gasteiger partial charge on any atom is -0.394 e. The van der Waals surface area contributed by atoms with Gasteiger partial charge in [0.25, 0.3) is 0 Å². The Morgan fingerprint density at radius 3 is 1.58 bits per heavy atom. The maximum absolute atomic E-state index is 12.7. The van der Waals surface area contributed by atoms with Crippen LogP contribution < -0.4 is 0 Å². The monoisotopic (exact) mass is 1120 g/mol. The van der Waals surface area contributed by atoms with Crippen LogP contribution in [-0.4, -0.2) is 255 Å². The molecule has 0 radical (unpaired) electrons. The van der Waals surface area contributed by atoms with Crippen molar-refractivity contribution >= 4 is 0 Å². The van der Waals surface area contributed by atoms with Gasteiger partial charge in [0.05, 0.1) is 50.3 Å². The number of hydrogen-bond donors (Lipinski definition) is 16. The molecular weight excluding hydrogens is 1030 g/mol. The van der Waals surface area contributed by atoms with Gasteiger partial charge in [0.1, 0.15) is 97.7 Å². The van der Waals surface area contributed by atoms with Gasteiger partial charge in [0.15, 0.2) is 25.2 Å². The van der Waals surface area contributed by atoms with E-state index in [-0.39, 0.29) is 40.9 Å². The molecule has 7 fully saturated rings. The fraction of sp³-hybridized carbons (Fsp3) is 0.963. The van der Waals surface area contributed by atoms with Crippen LogP contribution in [0.25, 0.3) is 0 Å². The van der Waals surface area contributed by atoms with E-state index in [2.05, 4.69) is 47.6 Å². The Kier molecular flexibility index (Phi) is 19.1. The molecule has 16 N–H and O–H groups in total. The number of fused-ring (bicyclic) bond motifs is 5. The van der Waals surface area contributed by atoms with E-state index in [1.165, 1.54) is 0 Å². The Morgan fingerprint density at radius 1 is 0.564 bits per heavy atom. The first-order valence-corrected chi connectivity index (χ1v) is 28.0. The summed E-state index contributed by atoms with van der Waals surface area (Å²) in [6.45, 7) is 13.4. The van der Waals surface area contributed by atoms with Crippen LogP contribution in [0.2, 0.25) is 0 Å². The maximum Gasteiger partial charge on any atom is 0.187 e. The lowest BCUT2D eigenvalue weighted by Crippen LogP contribution is -2.66. The summed E-state index contributed by atoms with van der Waals surface area (Å²) in [5.74, 6) is 0.236. The fourth-order valence-electron chi connectivity index (χ4n) is 15.7. The second-order valence-corrected chi connectivity index (χ2v) is 25.8. The molecule has 0 aromatic heterocycles. The summed E-state index contributed by atoms with van der Waals surface area (Å²) in [4.78, 5) is 0. The van der Waals surface area contributed by atoms with Crippen LogP contribution in [0, 0.1) is 45.3 Å². The van der Waals surface area contributed by atoms with Crippen LogP contribution in [0.5, 0.6) is 0 Å². The molecule has 0 spiro atoms. The van der Waals surface area contributed by atoms with Gasteiger partial charge >= 0.3 is 0 Å². The third kappa shape index (κ3) is 10.8. The van der Waals surface area contributed by atoms with Crippen LogP contribution in [0.3, 0.4) is 0 Å². The van der Waals surface area contributed by atoms with Crippen molar-refractivity contribution in [1.29, 1.82) is 0 Å². The van der Waals surface area contributed by atoms with E-state index < -0.39 is 184 Å². The topological polar surface area (TPSA) is 398 Å². The van der Waals surface area contributed by atoms with E-state index in [0.717, 1.165) is 18.4 Å². The Bertz CT molecular complexity index is 2020. The van der Waals surface area contributed by atoms with Crippen molar-refractivity contribution in [3.8, 4) is 0 Å². The first-order valence-electron chi connectivity index (χ1n) is 28.0. The van der Waals surface area contributed by atoms with Crippen LogP contribution in [-0.2, 0) is 37.9 Å². The van der Waals surface area contributed by atoms with Crippen molar-refractivity contribution in [2.45, 2.75) is 253 Å². The summed E-state index contributed by atoms with van der Waals surface area (Å²) in [6, 6.07) is 0. The number of rotatable bonds is 17. The van der Waals surface area contributed by atoms with Crippen molar-refractivity contribution in [2.24, 2.45) is 45.3 Å². The van der Waals surface area contributed by atoms with E-state index in [1.54, 1.807) is 13.8 Å². The molecule has 78 heavy (non-hydrogen) atoms. The van der Waals surface area contributed by atoms with E-state index in [9.17, 15) is 81.7 Å². The van der Waals surface area contributed by atoms with Gasteiger partial charge in [-0.15, -0.1) is 0 Å². The highest BCUT2D eigenvalue weighted by atomic mass is 16.8. The molecule has 452 valence electrons. The number of aliphatic hydroxyl groups is 16. The quantitative estimate of drug-likeness (QED) is 0.0637. The zero-order valence-electron chi connectivity index (χ0n) is 46.1. The van der Waals surface area contributed by atoms with Gasteiger partial charge in [-0.05, 0) is 99.7 Å². The Balaban J connectivity index is 0.942. The molecule has 8 rings (SSSR count). The summed E-state index contributed by atoms with van der Waals surface area (Å²) in [6.07, 6.45) is -27.1. The molecule has 4 saturated heterocycles. The number of allylic oxidation sites excluding steroid dienone is 1. The lowest BCUT2D eigenvalue weighted by atomic mass is 9.38. The van der Waals surface area contributed by atoms with Crippen LogP contribution in [0.1, 0.15) is 107 Å². The first-order chi connectivity index (χ1) is 36.5. The van der Waals surface area contributed by atoms with Gasteiger partial charge in [-0.25, -0.2) is 0 Å². The molecule has 24 heteroatoms. The molecule has 30 atom stereocenters. The number of aliphatic hydroxyl groups excluding tert-OH is 15. The SMILES string of the molecule is C[C@H](CC[C@@H](O[C@@H]1O[C@H](CO)[C@@H](O)[C@H](O)[C@H]1O[C@@H]1O[C@H](CO)[C@@H](O)[C@H](O)[C@H]1O)C(C)(C)O)[C@H]1CC[C@@]2(C)[C@@H]3CC=C4[C@@H](CC[C@H](O[C@@H]5O[C@H](CO)[C@@H](O[C@@H]6O[C@H](CO)[C@@H](O)[C@H](O)[C@H]6O)[C@H](O)[C@H]5O)C4(C)C)[C@]3(C)[C@H](O)C[C@]12C. The van der Waals surface area contributed by atoms with Crippen molar-refractivity contribution in [3.05, 3.63) is 11.6 Å². The van der Waals surface area contributed by atoms with Gasteiger partial charge < -0.3 is 120 Å². The zero-order valence-corrected chi connectivity index (χ0v) is 46.1. The second-order valence-electron chi connectivity index (χ2n) is 25.8. The summed E-state index contributed by atoms with van der Waals surface area (Å²) in [5, 5.41) is 172. The number of ether oxygens (including phenoxy) is 8. The van der Waals surface area contributed by atoms with Crippen LogP contribution in [0.4, 0.5) is 0 Å². The maximum atomic E-state index is 12.7. The minimum atomic E-state index is -1.85.